The van der Waals surface area contributed by atoms with Crippen molar-refractivity contribution in [3.63, 3.8) is 0 Å². The van der Waals surface area contributed by atoms with Crippen molar-refractivity contribution in [3.05, 3.63) is 22.8 Å². The average Bonchev–Trinajstić information content (AvgIpc) is 2.53. The van der Waals surface area contributed by atoms with Gasteiger partial charge in [0.05, 0.1) is 10.6 Å². The van der Waals surface area contributed by atoms with Gasteiger partial charge in [0.25, 0.3) is 0 Å². The van der Waals surface area contributed by atoms with Crippen molar-refractivity contribution >= 4 is 22.3 Å². The number of anilines is 1. The second-order valence-electron chi connectivity index (χ2n) is 5.45. The minimum Gasteiger partial charge on any atom is -0.383 e. The molecule has 0 aliphatic heterocycles. The number of aromatic nitrogens is 1. The lowest BCUT2D eigenvalue weighted by molar-refractivity contribution is 0.104. The second kappa shape index (κ2) is 5.52. The predicted octanol–water partition coefficient (Wildman–Crippen LogP) is 2.92. The first-order valence-corrected chi connectivity index (χ1v) is 6.65. The molecule has 0 radical (unpaired) electrons. The fourth-order valence-electron chi connectivity index (χ4n) is 1.29. The van der Waals surface area contributed by atoms with Crippen LogP contribution in [0.25, 0.3) is 0 Å². The molecule has 5 heteroatoms. The summed E-state index contributed by atoms with van der Waals surface area (Å²) in [4.78, 5) is 18.9. The Balaban J connectivity index is 2.88. The van der Waals surface area contributed by atoms with E-state index in [1.165, 1.54) is 11.3 Å². The summed E-state index contributed by atoms with van der Waals surface area (Å²) in [5, 5.41) is 4.08. The fraction of sp³-hybridized carbons (Fsp3) is 0.538. The van der Waals surface area contributed by atoms with Gasteiger partial charge in [-0.05, 0) is 27.7 Å². The molecule has 1 aromatic heterocycles. The van der Waals surface area contributed by atoms with E-state index in [1.54, 1.807) is 12.3 Å². The quantitative estimate of drug-likeness (QED) is 0.673. The first-order valence-electron chi connectivity index (χ1n) is 5.83. The van der Waals surface area contributed by atoms with Gasteiger partial charge in [-0.1, -0.05) is 11.3 Å². The third-order valence-corrected chi connectivity index (χ3v) is 3.11. The molecular weight excluding hydrogens is 246 g/mol. The van der Waals surface area contributed by atoms with Crippen LogP contribution in [0.3, 0.4) is 0 Å². The molecule has 0 fully saturated rings. The number of ketones is 1. The number of carbonyl (C=O) groups excluding carboxylic acids is 1. The smallest absolute Gasteiger partial charge is 0.199 e. The molecule has 0 aliphatic carbocycles. The van der Waals surface area contributed by atoms with Crippen molar-refractivity contribution in [2.75, 3.05) is 19.4 Å². The number of nitrogens with zero attached hydrogens (tertiary/aromatic N) is 2. The van der Waals surface area contributed by atoms with Gasteiger partial charge in [-0.3, -0.25) is 4.79 Å². The van der Waals surface area contributed by atoms with Crippen molar-refractivity contribution in [2.45, 2.75) is 33.2 Å². The molecule has 100 valence electrons. The number of nitrogens with one attached hydrogen (secondary N) is 1. The highest BCUT2D eigenvalue weighted by Crippen LogP contribution is 2.25. The normalized spacial score (nSPS) is 11.9. The Kier molecular flexibility index (Phi) is 4.51. The van der Waals surface area contributed by atoms with Crippen molar-refractivity contribution in [1.29, 1.82) is 0 Å². The van der Waals surface area contributed by atoms with E-state index in [1.807, 2.05) is 25.9 Å². The van der Waals surface area contributed by atoms with Crippen molar-refractivity contribution in [1.82, 2.24) is 9.88 Å². The minimum atomic E-state index is -0.0515. The summed E-state index contributed by atoms with van der Waals surface area (Å²) in [6.45, 7) is 8.06. The topological polar surface area (TPSA) is 45.2 Å². The minimum absolute atomic E-state index is 0.000610. The third-order valence-electron chi connectivity index (χ3n) is 2.03. The standard InChI is InChI=1S/C13H21N3OS/c1-9-11(10(17)7-8-16(5)6)18-12(14-9)15-13(2,3)4/h7-8H,1-6H3,(H,14,15). The Bertz CT molecular complexity index is 455. The predicted molar refractivity (Wildman–Crippen MR) is 77.4 cm³/mol. The van der Waals surface area contributed by atoms with Gasteiger partial charge >= 0.3 is 0 Å². The number of aryl methyl sites for hydroxylation is 1. The third kappa shape index (κ3) is 4.49. The van der Waals surface area contributed by atoms with E-state index in [0.717, 1.165) is 10.8 Å². The number of allylic oxidation sites excluding steroid dienone is 1. The summed E-state index contributed by atoms with van der Waals surface area (Å²) in [7, 11) is 3.77. The lowest BCUT2D eigenvalue weighted by atomic mass is 10.1. The maximum absolute atomic E-state index is 12.0. The van der Waals surface area contributed by atoms with Crippen LogP contribution in [0.1, 0.15) is 36.1 Å². The highest BCUT2D eigenvalue weighted by atomic mass is 32.1. The highest BCUT2D eigenvalue weighted by Gasteiger charge is 2.16. The van der Waals surface area contributed by atoms with Crippen LogP contribution >= 0.6 is 11.3 Å². The van der Waals surface area contributed by atoms with Gasteiger partial charge < -0.3 is 10.2 Å². The zero-order valence-corrected chi connectivity index (χ0v) is 12.7. The van der Waals surface area contributed by atoms with Crippen LogP contribution in [0.15, 0.2) is 12.3 Å². The average molecular weight is 267 g/mol. The molecule has 0 unspecified atom stereocenters. The second-order valence-corrected chi connectivity index (χ2v) is 6.45. The zero-order chi connectivity index (χ0) is 13.9. The first-order chi connectivity index (χ1) is 8.19. The van der Waals surface area contributed by atoms with Crippen LogP contribution in [0, 0.1) is 6.92 Å². The number of rotatable bonds is 4. The first kappa shape index (κ1) is 14.7. The molecule has 4 nitrogen and oxygen atoms in total. The van der Waals surface area contributed by atoms with Gasteiger partial charge in [0, 0.05) is 31.9 Å². The molecule has 0 aromatic carbocycles. The summed E-state index contributed by atoms with van der Waals surface area (Å²) in [6, 6.07) is 0. The summed E-state index contributed by atoms with van der Waals surface area (Å²) in [6.07, 6.45) is 3.32. The van der Waals surface area contributed by atoms with E-state index in [-0.39, 0.29) is 11.3 Å². The molecule has 18 heavy (non-hydrogen) atoms. The Morgan fingerprint density at radius 2 is 2.00 bits per heavy atom. The van der Waals surface area contributed by atoms with Gasteiger partial charge in [-0.15, -0.1) is 0 Å². The van der Waals surface area contributed by atoms with Gasteiger partial charge in [-0.25, -0.2) is 4.98 Å². The Morgan fingerprint density at radius 1 is 1.39 bits per heavy atom. The van der Waals surface area contributed by atoms with E-state index in [2.05, 4.69) is 31.1 Å². The molecule has 0 saturated heterocycles. The molecule has 1 heterocycles. The van der Waals surface area contributed by atoms with E-state index in [4.69, 9.17) is 0 Å². The van der Waals surface area contributed by atoms with Gasteiger partial charge in [-0.2, -0.15) is 0 Å². The number of hydrogen-bond donors (Lipinski definition) is 1. The Labute approximate surface area is 113 Å². The van der Waals surface area contributed by atoms with Crippen molar-refractivity contribution in [2.24, 2.45) is 0 Å². The number of carbonyl (C=O) groups is 1. The van der Waals surface area contributed by atoms with Gasteiger partial charge in [0.1, 0.15) is 0 Å². The highest BCUT2D eigenvalue weighted by molar-refractivity contribution is 7.17. The molecule has 1 aromatic rings. The van der Waals surface area contributed by atoms with E-state index in [0.29, 0.717) is 4.88 Å². The Morgan fingerprint density at radius 3 is 2.50 bits per heavy atom. The monoisotopic (exact) mass is 267 g/mol. The zero-order valence-electron chi connectivity index (χ0n) is 11.9. The summed E-state index contributed by atoms with van der Waals surface area (Å²) in [5.41, 5.74) is 0.726. The van der Waals surface area contributed by atoms with Crippen LogP contribution in [-0.4, -0.2) is 35.3 Å². The molecule has 0 atom stereocenters. The molecule has 0 aliphatic rings. The lowest BCUT2D eigenvalue weighted by Gasteiger charge is -2.19. The van der Waals surface area contributed by atoms with Crippen LogP contribution in [0.2, 0.25) is 0 Å². The van der Waals surface area contributed by atoms with Crippen LogP contribution in [0.5, 0.6) is 0 Å². The van der Waals surface area contributed by atoms with Crippen LogP contribution in [-0.2, 0) is 0 Å². The van der Waals surface area contributed by atoms with Crippen molar-refractivity contribution in [3.8, 4) is 0 Å². The van der Waals surface area contributed by atoms with Crippen LogP contribution < -0.4 is 5.32 Å². The molecule has 1 N–H and O–H groups in total. The summed E-state index contributed by atoms with van der Waals surface area (Å²) >= 11 is 1.40. The Hall–Kier alpha value is -1.36. The van der Waals surface area contributed by atoms with Gasteiger partial charge in [0.2, 0.25) is 0 Å². The summed E-state index contributed by atoms with van der Waals surface area (Å²) in [5.74, 6) is 0.000610. The van der Waals surface area contributed by atoms with Gasteiger partial charge in [0.15, 0.2) is 10.9 Å². The van der Waals surface area contributed by atoms with E-state index < -0.39 is 0 Å². The van der Waals surface area contributed by atoms with Crippen molar-refractivity contribution < 1.29 is 4.79 Å². The van der Waals surface area contributed by atoms with E-state index in [9.17, 15) is 4.79 Å². The maximum Gasteiger partial charge on any atom is 0.199 e. The summed E-state index contributed by atoms with van der Waals surface area (Å²) < 4.78 is 0. The SMILES string of the molecule is Cc1nc(NC(C)(C)C)sc1C(=O)C=CN(C)C. The number of thiazole rings is 1. The molecular formula is C13H21N3OS. The molecule has 0 amide bonds. The fourth-order valence-corrected chi connectivity index (χ4v) is 2.39. The molecule has 0 saturated carbocycles. The van der Waals surface area contributed by atoms with Crippen LogP contribution in [0.4, 0.5) is 5.13 Å². The maximum atomic E-state index is 12.0. The molecule has 1 rings (SSSR count). The van der Waals surface area contributed by atoms with E-state index >= 15 is 0 Å². The largest absolute Gasteiger partial charge is 0.383 e. The molecule has 0 spiro atoms. The molecule has 0 bridgehead atoms. The lowest BCUT2D eigenvalue weighted by Crippen LogP contribution is -2.25. The number of hydrogen-bond acceptors (Lipinski definition) is 5.